The normalized spacial score (nSPS) is 10.8. The summed E-state index contributed by atoms with van der Waals surface area (Å²) in [7, 11) is 0. The van der Waals surface area contributed by atoms with Crippen molar-refractivity contribution in [3.63, 3.8) is 0 Å². The van der Waals surface area contributed by atoms with Crippen molar-refractivity contribution in [1.82, 2.24) is 4.98 Å². The predicted octanol–water partition coefficient (Wildman–Crippen LogP) is 3.83. The zero-order valence-electron chi connectivity index (χ0n) is 12.6. The summed E-state index contributed by atoms with van der Waals surface area (Å²) in [5, 5.41) is 9.59. The summed E-state index contributed by atoms with van der Waals surface area (Å²) in [5.41, 5.74) is 1.85. The average Bonchev–Trinajstić information content (AvgIpc) is 2.46. The second-order valence-corrected chi connectivity index (χ2v) is 5.33. The number of hydrogen-bond acceptors (Lipinski definition) is 3. The molecule has 1 N–H and O–H groups in total. The molecule has 2 rings (SSSR count). The van der Waals surface area contributed by atoms with Gasteiger partial charge in [-0.1, -0.05) is 26.0 Å². The quantitative estimate of drug-likeness (QED) is 0.871. The van der Waals surface area contributed by atoms with E-state index in [0.29, 0.717) is 28.8 Å². The van der Waals surface area contributed by atoms with Crippen LogP contribution in [0.2, 0.25) is 0 Å². The highest BCUT2D eigenvalue weighted by molar-refractivity contribution is 6.03. The van der Waals surface area contributed by atoms with E-state index in [2.05, 4.69) is 4.98 Å². The number of aromatic nitrogens is 1. The smallest absolute Gasteiger partial charge is 0.338 e. The molecule has 22 heavy (non-hydrogen) atoms. The van der Waals surface area contributed by atoms with Crippen LogP contribution >= 0.6 is 0 Å². The van der Waals surface area contributed by atoms with Gasteiger partial charge < -0.3 is 5.11 Å². The van der Waals surface area contributed by atoms with Crippen molar-refractivity contribution in [3.05, 3.63) is 52.6 Å². The fourth-order valence-electron chi connectivity index (χ4n) is 2.44. The van der Waals surface area contributed by atoms with E-state index in [0.717, 1.165) is 0 Å². The SMILES string of the molecule is Cc1nc(C(C)C)c(C(=O)O)c(-c2ccc(F)cc2)c1C=O. The molecule has 0 amide bonds. The second kappa shape index (κ2) is 6.05. The molecule has 0 aliphatic heterocycles. The first kappa shape index (κ1) is 15.8. The van der Waals surface area contributed by atoms with Crippen molar-refractivity contribution in [1.29, 1.82) is 0 Å². The van der Waals surface area contributed by atoms with E-state index in [1.165, 1.54) is 24.3 Å². The van der Waals surface area contributed by atoms with E-state index < -0.39 is 11.8 Å². The van der Waals surface area contributed by atoms with Gasteiger partial charge in [0.25, 0.3) is 0 Å². The average molecular weight is 301 g/mol. The van der Waals surface area contributed by atoms with E-state index in [1.807, 2.05) is 13.8 Å². The van der Waals surface area contributed by atoms with Gasteiger partial charge in [-0.25, -0.2) is 9.18 Å². The molecule has 4 nitrogen and oxygen atoms in total. The van der Waals surface area contributed by atoms with Gasteiger partial charge in [-0.15, -0.1) is 0 Å². The van der Waals surface area contributed by atoms with E-state index in [-0.39, 0.29) is 17.0 Å². The first-order chi connectivity index (χ1) is 10.4. The van der Waals surface area contributed by atoms with Gasteiger partial charge in [0.2, 0.25) is 0 Å². The summed E-state index contributed by atoms with van der Waals surface area (Å²) < 4.78 is 13.1. The Balaban J connectivity index is 2.92. The molecule has 0 atom stereocenters. The summed E-state index contributed by atoms with van der Waals surface area (Å²) in [6.07, 6.45) is 0.595. The number of carbonyl (C=O) groups excluding carboxylic acids is 1. The lowest BCUT2D eigenvalue weighted by atomic mass is 9.90. The molecule has 0 radical (unpaired) electrons. The van der Waals surface area contributed by atoms with Gasteiger partial charge in [-0.3, -0.25) is 9.78 Å². The molecule has 0 aliphatic rings. The highest BCUT2D eigenvalue weighted by atomic mass is 19.1. The van der Waals surface area contributed by atoms with Crippen LogP contribution in [0.15, 0.2) is 24.3 Å². The summed E-state index contributed by atoms with van der Waals surface area (Å²) in [4.78, 5) is 27.5. The molecule has 2 aromatic rings. The summed E-state index contributed by atoms with van der Waals surface area (Å²) in [6, 6.07) is 5.40. The van der Waals surface area contributed by atoms with Gasteiger partial charge in [-0.05, 0) is 30.5 Å². The number of rotatable bonds is 4. The van der Waals surface area contributed by atoms with Gasteiger partial charge >= 0.3 is 5.97 Å². The van der Waals surface area contributed by atoms with Crippen molar-refractivity contribution in [2.24, 2.45) is 0 Å². The lowest BCUT2D eigenvalue weighted by Crippen LogP contribution is -2.13. The number of carbonyl (C=O) groups is 2. The fourth-order valence-corrected chi connectivity index (χ4v) is 2.44. The molecule has 0 fully saturated rings. The third-order valence-electron chi connectivity index (χ3n) is 3.46. The first-order valence-corrected chi connectivity index (χ1v) is 6.85. The minimum absolute atomic E-state index is 0.00527. The number of benzene rings is 1. The van der Waals surface area contributed by atoms with Crippen LogP contribution in [0.4, 0.5) is 4.39 Å². The van der Waals surface area contributed by atoms with Crippen molar-refractivity contribution < 1.29 is 19.1 Å². The molecule has 114 valence electrons. The zero-order chi connectivity index (χ0) is 16.4. The fraction of sp³-hybridized carbons (Fsp3) is 0.235. The van der Waals surface area contributed by atoms with E-state index in [4.69, 9.17) is 0 Å². The molecule has 1 aromatic carbocycles. The zero-order valence-corrected chi connectivity index (χ0v) is 12.6. The Kier molecular flexibility index (Phi) is 4.35. The number of aromatic carboxylic acids is 1. The van der Waals surface area contributed by atoms with E-state index in [1.54, 1.807) is 6.92 Å². The molecule has 5 heteroatoms. The predicted molar refractivity (Wildman–Crippen MR) is 80.8 cm³/mol. The number of aryl methyl sites for hydroxylation is 1. The topological polar surface area (TPSA) is 67.3 Å². The van der Waals surface area contributed by atoms with Gasteiger partial charge in [0.1, 0.15) is 5.82 Å². The number of carboxylic acid groups (broad SMARTS) is 1. The van der Waals surface area contributed by atoms with Gasteiger partial charge in [0.15, 0.2) is 6.29 Å². The molecular weight excluding hydrogens is 285 g/mol. The largest absolute Gasteiger partial charge is 0.478 e. The number of nitrogens with zero attached hydrogens (tertiary/aromatic N) is 1. The van der Waals surface area contributed by atoms with Gasteiger partial charge in [0, 0.05) is 16.8 Å². The number of halogens is 1. The Morgan fingerprint density at radius 1 is 1.27 bits per heavy atom. The molecule has 1 aromatic heterocycles. The summed E-state index contributed by atoms with van der Waals surface area (Å²) >= 11 is 0. The maximum atomic E-state index is 13.1. The Morgan fingerprint density at radius 2 is 1.86 bits per heavy atom. The maximum Gasteiger partial charge on any atom is 0.338 e. The molecule has 0 saturated heterocycles. The van der Waals surface area contributed by atoms with Crippen LogP contribution in [0.1, 0.15) is 51.9 Å². The molecular formula is C17H16FNO3. The highest BCUT2D eigenvalue weighted by Gasteiger charge is 2.25. The molecule has 0 saturated carbocycles. The first-order valence-electron chi connectivity index (χ1n) is 6.85. The molecule has 0 bridgehead atoms. The van der Waals surface area contributed by atoms with Crippen molar-refractivity contribution in [2.45, 2.75) is 26.7 Å². The van der Waals surface area contributed by atoms with Crippen LogP contribution in [-0.2, 0) is 0 Å². The number of carboxylic acids is 1. The van der Waals surface area contributed by atoms with Crippen LogP contribution in [0, 0.1) is 12.7 Å². The highest BCUT2D eigenvalue weighted by Crippen LogP contribution is 2.33. The van der Waals surface area contributed by atoms with Crippen LogP contribution in [0.5, 0.6) is 0 Å². The van der Waals surface area contributed by atoms with Crippen LogP contribution in [-0.4, -0.2) is 22.3 Å². The summed E-state index contributed by atoms with van der Waals surface area (Å²) in [6.45, 7) is 5.33. The second-order valence-electron chi connectivity index (χ2n) is 5.33. The van der Waals surface area contributed by atoms with Crippen molar-refractivity contribution in [3.8, 4) is 11.1 Å². The Morgan fingerprint density at radius 3 is 2.32 bits per heavy atom. The molecule has 0 spiro atoms. The van der Waals surface area contributed by atoms with Crippen molar-refractivity contribution >= 4 is 12.3 Å². The molecule has 0 unspecified atom stereocenters. The maximum absolute atomic E-state index is 13.1. The third-order valence-corrected chi connectivity index (χ3v) is 3.46. The lowest BCUT2D eigenvalue weighted by molar-refractivity contribution is 0.0695. The van der Waals surface area contributed by atoms with Crippen LogP contribution < -0.4 is 0 Å². The summed E-state index contributed by atoms with van der Waals surface area (Å²) in [5.74, 6) is -1.70. The number of hydrogen-bond donors (Lipinski definition) is 1. The Hall–Kier alpha value is -2.56. The number of pyridine rings is 1. The molecule has 0 aliphatic carbocycles. The standard InChI is InChI=1S/C17H16FNO3/c1-9(2)16-15(17(21)22)14(13(8-20)10(3)19-16)11-4-6-12(18)7-5-11/h4-9H,1-3H3,(H,21,22). The van der Waals surface area contributed by atoms with Gasteiger partial charge in [-0.2, -0.15) is 0 Å². The van der Waals surface area contributed by atoms with Gasteiger partial charge in [0.05, 0.1) is 11.3 Å². The lowest BCUT2D eigenvalue weighted by Gasteiger charge is -2.17. The third kappa shape index (κ3) is 2.74. The minimum atomic E-state index is -1.15. The van der Waals surface area contributed by atoms with Crippen molar-refractivity contribution in [2.75, 3.05) is 0 Å². The monoisotopic (exact) mass is 301 g/mol. The Labute approximate surface area is 127 Å². The molecule has 1 heterocycles. The van der Waals surface area contributed by atoms with Crippen LogP contribution in [0.3, 0.4) is 0 Å². The van der Waals surface area contributed by atoms with Crippen LogP contribution in [0.25, 0.3) is 11.1 Å². The van der Waals surface area contributed by atoms with E-state index >= 15 is 0 Å². The Bertz CT molecular complexity index is 737. The number of aldehydes is 1. The van der Waals surface area contributed by atoms with E-state index in [9.17, 15) is 19.1 Å². The minimum Gasteiger partial charge on any atom is -0.478 e.